The maximum atomic E-state index is 12.2. The zero-order chi connectivity index (χ0) is 19.1. The van der Waals surface area contributed by atoms with Gasteiger partial charge in [0.25, 0.3) is 5.91 Å². The maximum absolute atomic E-state index is 12.2. The van der Waals surface area contributed by atoms with Crippen molar-refractivity contribution in [3.63, 3.8) is 0 Å². The second-order valence-electron chi connectivity index (χ2n) is 5.99. The van der Waals surface area contributed by atoms with Gasteiger partial charge in [-0.1, -0.05) is 30.3 Å². The molecule has 6 nitrogen and oxygen atoms in total. The Hall–Kier alpha value is -3.41. The molecule has 1 amide bonds. The molecule has 1 N–H and O–H groups in total. The summed E-state index contributed by atoms with van der Waals surface area (Å²) < 4.78 is 6.72. The average Bonchev–Trinajstić information content (AvgIpc) is 3.19. The molecule has 0 saturated heterocycles. The van der Waals surface area contributed by atoms with E-state index in [1.54, 1.807) is 30.5 Å². The Morgan fingerprint density at radius 1 is 1.04 bits per heavy atom. The van der Waals surface area contributed by atoms with E-state index in [0.717, 1.165) is 24.4 Å². The Morgan fingerprint density at radius 2 is 1.74 bits per heavy atom. The fraction of sp³-hybridized carbons (Fsp3) is 0.190. The van der Waals surface area contributed by atoms with Gasteiger partial charge in [-0.3, -0.25) is 4.79 Å². The predicted octanol–water partition coefficient (Wildman–Crippen LogP) is 3.16. The first-order chi connectivity index (χ1) is 13.2. The van der Waals surface area contributed by atoms with Gasteiger partial charge in [-0.25, -0.2) is 9.78 Å². The van der Waals surface area contributed by atoms with Gasteiger partial charge in [0.05, 0.1) is 12.7 Å². The molecular weight excluding hydrogens is 342 g/mol. The summed E-state index contributed by atoms with van der Waals surface area (Å²) >= 11 is 0. The number of rotatable bonds is 7. The Labute approximate surface area is 157 Å². The monoisotopic (exact) mass is 363 g/mol. The quantitative estimate of drug-likeness (QED) is 0.517. The van der Waals surface area contributed by atoms with E-state index in [2.05, 4.69) is 19.6 Å². The van der Waals surface area contributed by atoms with Crippen LogP contribution in [-0.4, -0.2) is 35.1 Å². The Balaban J connectivity index is 1.50. The fourth-order valence-corrected chi connectivity index (χ4v) is 2.77. The minimum Gasteiger partial charge on any atom is -0.465 e. The number of methoxy groups -OCH3 is 1. The number of imidazole rings is 1. The topological polar surface area (TPSA) is 73.2 Å². The number of esters is 1. The van der Waals surface area contributed by atoms with Gasteiger partial charge in [-0.2, -0.15) is 0 Å². The fourth-order valence-electron chi connectivity index (χ4n) is 2.77. The van der Waals surface area contributed by atoms with Crippen molar-refractivity contribution in [2.75, 3.05) is 13.7 Å². The second-order valence-corrected chi connectivity index (χ2v) is 5.99. The summed E-state index contributed by atoms with van der Waals surface area (Å²) in [4.78, 5) is 28.0. The second kappa shape index (κ2) is 8.80. The normalized spacial score (nSPS) is 10.4. The number of carbonyl (C=O) groups is 2. The van der Waals surface area contributed by atoms with E-state index in [-0.39, 0.29) is 5.91 Å². The van der Waals surface area contributed by atoms with Crippen LogP contribution in [-0.2, 0) is 11.3 Å². The van der Waals surface area contributed by atoms with E-state index < -0.39 is 5.97 Å². The van der Waals surface area contributed by atoms with Gasteiger partial charge < -0.3 is 14.6 Å². The maximum Gasteiger partial charge on any atom is 0.337 e. The highest BCUT2D eigenvalue weighted by Crippen LogP contribution is 2.16. The highest BCUT2D eigenvalue weighted by Gasteiger charge is 2.09. The summed E-state index contributed by atoms with van der Waals surface area (Å²) in [5.74, 6) is 0.331. The smallest absolute Gasteiger partial charge is 0.337 e. The van der Waals surface area contributed by atoms with E-state index >= 15 is 0 Å². The van der Waals surface area contributed by atoms with Crippen molar-refractivity contribution in [2.24, 2.45) is 0 Å². The molecule has 2 aromatic carbocycles. The van der Waals surface area contributed by atoms with Crippen LogP contribution in [0.3, 0.4) is 0 Å². The predicted molar refractivity (Wildman–Crippen MR) is 102 cm³/mol. The van der Waals surface area contributed by atoms with Crippen LogP contribution in [0.4, 0.5) is 0 Å². The zero-order valence-corrected chi connectivity index (χ0v) is 15.1. The van der Waals surface area contributed by atoms with Gasteiger partial charge in [0, 0.05) is 36.6 Å². The Kier molecular flexibility index (Phi) is 5.99. The number of aryl methyl sites for hydroxylation is 1. The SMILES string of the molecule is COC(=O)c1ccc(C(=O)NCCCn2ccnc2-c2ccccc2)cc1. The summed E-state index contributed by atoms with van der Waals surface area (Å²) in [6, 6.07) is 16.4. The lowest BCUT2D eigenvalue weighted by Gasteiger charge is -2.09. The average molecular weight is 363 g/mol. The van der Waals surface area contributed by atoms with Crippen molar-refractivity contribution in [1.82, 2.24) is 14.9 Å². The van der Waals surface area contributed by atoms with E-state index in [0.29, 0.717) is 17.7 Å². The number of amides is 1. The molecule has 0 aliphatic rings. The van der Waals surface area contributed by atoms with Crippen LogP contribution in [0.1, 0.15) is 27.1 Å². The lowest BCUT2D eigenvalue weighted by molar-refractivity contribution is 0.0600. The van der Waals surface area contributed by atoms with E-state index in [4.69, 9.17) is 0 Å². The number of nitrogens with zero attached hydrogens (tertiary/aromatic N) is 2. The van der Waals surface area contributed by atoms with E-state index in [9.17, 15) is 9.59 Å². The third-order valence-corrected chi connectivity index (χ3v) is 4.18. The van der Waals surface area contributed by atoms with Crippen LogP contribution >= 0.6 is 0 Å². The Morgan fingerprint density at radius 3 is 2.44 bits per heavy atom. The van der Waals surface area contributed by atoms with Crippen LogP contribution < -0.4 is 5.32 Å². The largest absolute Gasteiger partial charge is 0.465 e. The van der Waals surface area contributed by atoms with Crippen LogP contribution in [0.5, 0.6) is 0 Å². The summed E-state index contributed by atoms with van der Waals surface area (Å²) in [6.45, 7) is 1.30. The van der Waals surface area contributed by atoms with Crippen molar-refractivity contribution in [3.05, 3.63) is 78.1 Å². The molecule has 0 aliphatic carbocycles. The van der Waals surface area contributed by atoms with Gasteiger partial charge >= 0.3 is 5.97 Å². The number of benzene rings is 2. The molecule has 0 atom stereocenters. The standard InChI is InChI=1S/C21H21N3O3/c1-27-21(26)18-10-8-17(9-11-18)20(25)23-12-5-14-24-15-13-22-19(24)16-6-3-2-4-7-16/h2-4,6-11,13,15H,5,12,14H2,1H3,(H,23,25). The lowest BCUT2D eigenvalue weighted by Crippen LogP contribution is -2.25. The zero-order valence-electron chi connectivity index (χ0n) is 15.1. The Bertz CT molecular complexity index is 902. The van der Waals surface area contributed by atoms with Gasteiger partial charge in [-0.05, 0) is 30.7 Å². The lowest BCUT2D eigenvalue weighted by atomic mass is 10.1. The van der Waals surface area contributed by atoms with Crippen LogP contribution in [0.2, 0.25) is 0 Å². The molecule has 0 spiro atoms. The van der Waals surface area contributed by atoms with E-state index in [1.165, 1.54) is 7.11 Å². The molecule has 1 aromatic heterocycles. The molecule has 3 rings (SSSR count). The number of carbonyl (C=O) groups excluding carboxylic acids is 2. The first-order valence-corrected chi connectivity index (χ1v) is 8.72. The molecule has 0 radical (unpaired) electrons. The van der Waals surface area contributed by atoms with E-state index in [1.807, 2.05) is 36.5 Å². The third kappa shape index (κ3) is 4.61. The highest BCUT2D eigenvalue weighted by molar-refractivity contribution is 5.96. The minimum absolute atomic E-state index is 0.166. The molecule has 1 heterocycles. The summed E-state index contributed by atoms with van der Waals surface area (Å²) in [7, 11) is 1.33. The number of hydrogen-bond donors (Lipinski definition) is 1. The minimum atomic E-state index is -0.420. The molecule has 0 unspecified atom stereocenters. The van der Waals surface area contributed by atoms with Crippen molar-refractivity contribution in [2.45, 2.75) is 13.0 Å². The summed E-state index contributed by atoms with van der Waals surface area (Å²) in [5.41, 5.74) is 2.00. The third-order valence-electron chi connectivity index (χ3n) is 4.18. The molecule has 0 fully saturated rings. The van der Waals surface area contributed by atoms with Crippen molar-refractivity contribution < 1.29 is 14.3 Å². The van der Waals surface area contributed by atoms with Gasteiger partial charge in [-0.15, -0.1) is 0 Å². The molecule has 138 valence electrons. The van der Waals surface area contributed by atoms with Gasteiger partial charge in [0.1, 0.15) is 5.82 Å². The summed E-state index contributed by atoms with van der Waals surface area (Å²) in [5, 5.41) is 2.89. The van der Waals surface area contributed by atoms with Crippen LogP contribution in [0.15, 0.2) is 67.0 Å². The first kappa shape index (κ1) is 18.4. The number of aromatic nitrogens is 2. The van der Waals surface area contributed by atoms with Crippen LogP contribution in [0.25, 0.3) is 11.4 Å². The molecule has 0 saturated carbocycles. The van der Waals surface area contributed by atoms with Crippen molar-refractivity contribution in [1.29, 1.82) is 0 Å². The van der Waals surface area contributed by atoms with Crippen LogP contribution in [0, 0.1) is 0 Å². The number of ether oxygens (including phenoxy) is 1. The summed E-state index contributed by atoms with van der Waals surface area (Å²) in [6.07, 6.45) is 4.50. The highest BCUT2D eigenvalue weighted by atomic mass is 16.5. The molecule has 27 heavy (non-hydrogen) atoms. The van der Waals surface area contributed by atoms with Crippen molar-refractivity contribution >= 4 is 11.9 Å². The molecule has 0 bridgehead atoms. The van der Waals surface area contributed by atoms with Crippen molar-refractivity contribution in [3.8, 4) is 11.4 Å². The molecular formula is C21H21N3O3. The van der Waals surface area contributed by atoms with Gasteiger partial charge in [0.15, 0.2) is 0 Å². The first-order valence-electron chi connectivity index (χ1n) is 8.72. The number of nitrogens with one attached hydrogen (secondary N) is 1. The van der Waals surface area contributed by atoms with Gasteiger partial charge in [0.2, 0.25) is 0 Å². The number of hydrogen-bond acceptors (Lipinski definition) is 4. The molecule has 0 aliphatic heterocycles. The molecule has 3 aromatic rings. The molecule has 6 heteroatoms.